The van der Waals surface area contributed by atoms with Crippen LogP contribution in [0.2, 0.25) is 0 Å². The number of aromatic nitrogens is 2. The van der Waals surface area contributed by atoms with Crippen molar-refractivity contribution in [3.63, 3.8) is 0 Å². The molecule has 7 heteroatoms. The van der Waals surface area contributed by atoms with Gasteiger partial charge < -0.3 is 14.8 Å². The molecule has 156 valence electrons. The van der Waals surface area contributed by atoms with Crippen LogP contribution in [0.15, 0.2) is 60.7 Å². The van der Waals surface area contributed by atoms with E-state index in [4.69, 9.17) is 9.47 Å². The normalized spacial score (nSPS) is 10.6. The zero-order chi connectivity index (χ0) is 21.3. The molecule has 3 aromatic rings. The van der Waals surface area contributed by atoms with Crippen molar-refractivity contribution < 1.29 is 19.1 Å². The van der Waals surface area contributed by atoms with Crippen LogP contribution >= 0.6 is 0 Å². The number of nitrogens with one attached hydrogen (secondary N) is 1. The predicted molar refractivity (Wildman–Crippen MR) is 114 cm³/mol. The minimum Gasteiger partial charge on any atom is -0.454 e. The zero-order valence-electron chi connectivity index (χ0n) is 17.1. The molecule has 0 spiro atoms. The van der Waals surface area contributed by atoms with Gasteiger partial charge in [0.1, 0.15) is 12.4 Å². The summed E-state index contributed by atoms with van der Waals surface area (Å²) in [6.45, 7) is 3.71. The highest BCUT2D eigenvalue weighted by Crippen LogP contribution is 2.25. The quantitative estimate of drug-likeness (QED) is 0.548. The Morgan fingerprint density at radius 3 is 2.40 bits per heavy atom. The molecular weight excluding hydrogens is 382 g/mol. The van der Waals surface area contributed by atoms with Crippen LogP contribution in [0.25, 0.3) is 16.9 Å². The van der Waals surface area contributed by atoms with E-state index in [1.165, 1.54) is 5.56 Å². The Hall–Kier alpha value is -3.45. The highest BCUT2D eigenvalue weighted by molar-refractivity contribution is 5.93. The van der Waals surface area contributed by atoms with Crippen LogP contribution in [0.5, 0.6) is 0 Å². The lowest BCUT2D eigenvalue weighted by Gasteiger charge is -2.09. The van der Waals surface area contributed by atoms with E-state index >= 15 is 0 Å². The van der Waals surface area contributed by atoms with Crippen LogP contribution < -0.4 is 5.32 Å². The largest absolute Gasteiger partial charge is 0.454 e. The van der Waals surface area contributed by atoms with E-state index in [0.29, 0.717) is 12.4 Å². The molecule has 30 heavy (non-hydrogen) atoms. The maximum Gasteiger partial charge on any atom is 0.332 e. The molecule has 0 aliphatic heterocycles. The van der Waals surface area contributed by atoms with Gasteiger partial charge >= 0.3 is 5.97 Å². The van der Waals surface area contributed by atoms with E-state index in [-0.39, 0.29) is 6.61 Å². The average Bonchev–Trinajstić information content (AvgIpc) is 3.20. The maximum atomic E-state index is 12.3. The lowest BCUT2D eigenvalue weighted by atomic mass is 10.1. The Kier molecular flexibility index (Phi) is 7.34. The number of rotatable bonds is 9. The molecule has 0 atom stereocenters. The molecule has 3 rings (SSSR count). The van der Waals surface area contributed by atoms with Crippen molar-refractivity contribution in [2.75, 3.05) is 25.1 Å². The number of anilines is 1. The Balaban J connectivity index is 1.80. The van der Waals surface area contributed by atoms with E-state index in [9.17, 15) is 9.59 Å². The van der Waals surface area contributed by atoms with E-state index in [1.54, 1.807) is 17.7 Å². The second-order valence-corrected chi connectivity index (χ2v) is 6.56. The van der Waals surface area contributed by atoms with Gasteiger partial charge in [0.25, 0.3) is 5.91 Å². The van der Waals surface area contributed by atoms with Crippen molar-refractivity contribution in [2.45, 2.75) is 20.3 Å². The van der Waals surface area contributed by atoms with E-state index in [1.807, 2.05) is 42.5 Å². The van der Waals surface area contributed by atoms with Gasteiger partial charge in [0, 0.05) is 18.2 Å². The highest BCUT2D eigenvalue weighted by atomic mass is 16.6. The fraction of sp³-hybridized carbons (Fsp3) is 0.261. The van der Waals surface area contributed by atoms with Gasteiger partial charge in [-0.2, -0.15) is 5.10 Å². The van der Waals surface area contributed by atoms with Crippen LogP contribution in [0, 0.1) is 0 Å². The summed E-state index contributed by atoms with van der Waals surface area (Å²) in [6, 6.07) is 19.4. The first-order chi connectivity index (χ1) is 14.6. The molecule has 0 aliphatic carbocycles. The first-order valence-corrected chi connectivity index (χ1v) is 9.88. The number of benzene rings is 2. The Labute approximate surface area is 175 Å². The van der Waals surface area contributed by atoms with Gasteiger partial charge in [0.15, 0.2) is 6.61 Å². The van der Waals surface area contributed by atoms with E-state index in [2.05, 4.69) is 29.5 Å². The van der Waals surface area contributed by atoms with E-state index < -0.39 is 18.5 Å². The van der Waals surface area contributed by atoms with Gasteiger partial charge in [0.2, 0.25) is 0 Å². The molecule has 2 aromatic carbocycles. The third kappa shape index (κ3) is 5.55. The fourth-order valence-electron chi connectivity index (χ4n) is 2.84. The van der Waals surface area contributed by atoms with Crippen molar-refractivity contribution in [3.05, 3.63) is 66.2 Å². The topological polar surface area (TPSA) is 82.4 Å². The van der Waals surface area contributed by atoms with Gasteiger partial charge in [-0.25, -0.2) is 9.48 Å². The molecule has 1 heterocycles. The Morgan fingerprint density at radius 2 is 1.73 bits per heavy atom. The maximum absolute atomic E-state index is 12.3. The van der Waals surface area contributed by atoms with Crippen LogP contribution in [-0.2, 0) is 25.5 Å². The summed E-state index contributed by atoms with van der Waals surface area (Å²) in [5.41, 5.74) is 3.71. The summed E-state index contributed by atoms with van der Waals surface area (Å²) in [4.78, 5) is 23.9. The molecule has 7 nitrogen and oxygen atoms in total. The number of amides is 1. The van der Waals surface area contributed by atoms with Crippen molar-refractivity contribution in [1.82, 2.24) is 9.78 Å². The van der Waals surface area contributed by atoms with Gasteiger partial charge in [-0.15, -0.1) is 0 Å². The number of nitrogens with zero attached hydrogens (tertiary/aromatic N) is 2. The highest BCUT2D eigenvalue weighted by Gasteiger charge is 2.15. The van der Waals surface area contributed by atoms with Gasteiger partial charge in [-0.05, 0) is 31.0 Å². The SMILES string of the molecule is CCOCC(=O)OCC(=O)Nc1cc(-c2ccc(CC)cc2)nn1-c1ccccc1. The molecule has 1 amide bonds. The third-order valence-electron chi connectivity index (χ3n) is 4.42. The number of hydrogen-bond donors (Lipinski definition) is 1. The molecule has 0 radical (unpaired) electrons. The lowest BCUT2D eigenvalue weighted by molar-refractivity contribution is -0.151. The minimum atomic E-state index is -0.583. The van der Waals surface area contributed by atoms with Crippen molar-refractivity contribution in [1.29, 1.82) is 0 Å². The number of para-hydroxylation sites is 1. The molecule has 0 unspecified atom stereocenters. The van der Waals surface area contributed by atoms with Crippen molar-refractivity contribution in [2.24, 2.45) is 0 Å². The summed E-state index contributed by atoms with van der Waals surface area (Å²) in [7, 11) is 0. The number of ether oxygens (including phenoxy) is 2. The van der Waals surface area contributed by atoms with Crippen LogP contribution in [-0.4, -0.2) is 41.5 Å². The van der Waals surface area contributed by atoms with Crippen LogP contribution in [0.1, 0.15) is 19.4 Å². The number of hydrogen-bond acceptors (Lipinski definition) is 5. The number of carbonyl (C=O) groups excluding carboxylic acids is 2. The molecule has 0 bridgehead atoms. The summed E-state index contributed by atoms with van der Waals surface area (Å²) < 4.78 is 11.6. The second-order valence-electron chi connectivity index (χ2n) is 6.56. The Morgan fingerprint density at radius 1 is 1.00 bits per heavy atom. The standard InChI is InChI=1S/C23H25N3O4/c1-3-17-10-12-18(13-11-17)20-14-21(26(25-20)19-8-6-5-7-9-19)24-22(27)15-30-23(28)16-29-4-2/h5-14H,3-4,15-16H2,1-2H3,(H,24,27). The summed E-state index contributed by atoms with van der Waals surface area (Å²) in [5, 5.41) is 7.45. The van der Waals surface area contributed by atoms with Gasteiger partial charge in [0.05, 0.1) is 11.4 Å². The van der Waals surface area contributed by atoms with Crippen molar-refractivity contribution >= 4 is 17.7 Å². The molecular formula is C23H25N3O4. The minimum absolute atomic E-state index is 0.177. The summed E-state index contributed by atoms with van der Waals surface area (Å²) in [6.07, 6.45) is 0.960. The fourth-order valence-corrected chi connectivity index (χ4v) is 2.84. The Bertz CT molecular complexity index is 981. The lowest BCUT2D eigenvalue weighted by Crippen LogP contribution is -2.24. The molecule has 0 fully saturated rings. The number of carbonyl (C=O) groups is 2. The predicted octanol–water partition coefficient (Wildman–Crippen LogP) is 3.62. The van der Waals surface area contributed by atoms with Gasteiger partial charge in [-0.3, -0.25) is 4.79 Å². The molecule has 0 saturated heterocycles. The van der Waals surface area contributed by atoms with Gasteiger partial charge in [-0.1, -0.05) is 49.4 Å². The smallest absolute Gasteiger partial charge is 0.332 e. The third-order valence-corrected chi connectivity index (χ3v) is 4.42. The van der Waals surface area contributed by atoms with E-state index in [0.717, 1.165) is 23.4 Å². The summed E-state index contributed by atoms with van der Waals surface area (Å²) in [5.74, 6) is -0.549. The molecule has 1 aromatic heterocycles. The van der Waals surface area contributed by atoms with Crippen molar-refractivity contribution in [3.8, 4) is 16.9 Å². The average molecular weight is 407 g/mol. The first-order valence-electron chi connectivity index (χ1n) is 9.88. The van der Waals surface area contributed by atoms with Crippen LogP contribution in [0.3, 0.4) is 0 Å². The monoisotopic (exact) mass is 407 g/mol. The number of esters is 1. The number of aryl methyl sites for hydroxylation is 1. The molecule has 0 aliphatic rings. The summed E-state index contributed by atoms with van der Waals surface area (Å²) >= 11 is 0. The second kappa shape index (κ2) is 10.4. The zero-order valence-corrected chi connectivity index (χ0v) is 17.1. The van der Waals surface area contributed by atoms with Crippen LogP contribution in [0.4, 0.5) is 5.82 Å². The first kappa shape index (κ1) is 21.3. The molecule has 1 N–H and O–H groups in total. The molecule has 0 saturated carbocycles.